The first-order valence-electron chi connectivity index (χ1n) is 8.81. The van der Waals surface area contributed by atoms with Gasteiger partial charge < -0.3 is 10.1 Å². The quantitative estimate of drug-likeness (QED) is 0.356. The van der Waals surface area contributed by atoms with Crippen molar-refractivity contribution in [3.63, 3.8) is 0 Å². The fourth-order valence-electron chi connectivity index (χ4n) is 2.73. The fourth-order valence-corrected chi connectivity index (χ4v) is 3.60. The highest BCUT2D eigenvalue weighted by Crippen LogP contribution is 2.26. The standard InChI is InChI=1S/C22H19BrCl2FNO/c23-18-4-8-22(28-14-16-3-5-19(24)12-21(16)25)17(11-18)13-27-10-9-15-1-6-20(26)7-2-15/h1-8,11-12,27H,9-10,13-14H2. The van der Waals surface area contributed by atoms with E-state index in [0.717, 1.165) is 39.9 Å². The molecule has 0 spiro atoms. The highest BCUT2D eigenvalue weighted by Gasteiger charge is 2.08. The zero-order valence-electron chi connectivity index (χ0n) is 15.0. The Hall–Kier alpha value is -1.59. The second-order valence-electron chi connectivity index (χ2n) is 6.33. The monoisotopic (exact) mass is 481 g/mol. The average molecular weight is 483 g/mol. The van der Waals surface area contributed by atoms with Crippen LogP contribution in [0.15, 0.2) is 65.1 Å². The summed E-state index contributed by atoms with van der Waals surface area (Å²) in [5.41, 5.74) is 3.01. The Morgan fingerprint density at radius 2 is 1.71 bits per heavy atom. The lowest BCUT2D eigenvalue weighted by molar-refractivity contribution is 0.302. The third-order valence-corrected chi connectivity index (χ3v) is 5.32. The topological polar surface area (TPSA) is 21.3 Å². The number of rotatable bonds is 8. The molecule has 28 heavy (non-hydrogen) atoms. The maximum atomic E-state index is 13.0. The Kier molecular flexibility index (Phi) is 7.74. The maximum absolute atomic E-state index is 13.0. The summed E-state index contributed by atoms with van der Waals surface area (Å²) in [6, 6.07) is 17.9. The van der Waals surface area contributed by atoms with E-state index in [0.29, 0.717) is 23.2 Å². The Bertz CT molecular complexity index is 934. The Morgan fingerprint density at radius 3 is 2.46 bits per heavy atom. The van der Waals surface area contributed by atoms with Crippen molar-refractivity contribution in [3.8, 4) is 5.75 Å². The molecule has 3 aromatic carbocycles. The molecule has 0 amide bonds. The molecule has 0 aromatic heterocycles. The van der Waals surface area contributed by atoms with Crippen LogP contribution in [0, 0.1) is 5.82 Å². The summed E-state index contributed by atoms with van der Waals surface area (Å²) in [4.78, 5) is 0. The molecule has 0 heterocycles. The van der Waals surface area contributed by atoms with Gasteiger partial charge in [0.25, 0.3) is 0 Å². The van der Waals surface area contributed by atoms with Crippen LogP contribution in [0.2, 0.25) is 10.0 Å². The summed E-state index contributed by atoms with van der Waals surface area (Å²) in [6.07, 6.45) is 0.824. The summed E-state index contributed by atoms with van der Waals surface area (Å²) in [5.74, 6) is 0.580. The van der Waals surface area contributed by atoms with Crippen molar-refractivity contribution < 1.29 is 9.13 Å². The van der Waals surface area contributed by atoms with E-state index in [1.807, 2.05) is 24.3 Å². The van der Waals surface area contributed by atoms with Crippen LogP contribution < -0.4 is 10.1 Å². The molecule has 0 fully saturated rings. The fraction of sp³-hybridized carbons (Fsp3) is 0.182. The number of hydrogen-bond donors (Lipinski definition) is 1. The van der Waals surface area contributed by atoms with E-state index in [-0.39, 0.29) is 5.82 Å². The Morgan fingerprint density at radius 1 is 0.929 bits per heavy atom. The van der Waals surface area contributed by atoms with Gasteiger partial charge in [-0.2, -0.15) is 0 Å². The SMILES string of the molecule is Fc1ccc(CCNCc2cc(Br)ccc2OCc2ccc(Cl)cc2Cl)cc1. The van der Waals surface area contributed by atoms with Gasteiger partial charge in [0.15, 0.2) is 0 Å². The molecule has 3 rings (SSSR count). The molecular formula is C22H19BrCl2FNO. The summed E-state index contributed by atoms with van der Waals surface area (Å²) in [7, 11) is 0. The lowest BCUT2D eigenvalue weighted by Crippen LogP contribution is -2.17. The van der Waals surface area contributed by atoms with Gasteiger partial charge >= 0.3 is 0 Å². The first kappa shape index (κ1) is 21.1. The number of ether oxygens (including phenoxy) is 1. The van der Waals surface area contributed by atoms with Crippen LogP contribution in [0.4, 0.5) is 4.39 Å². The predicted octanol–water partition coefficient (Wildman–Crippen LogP) is 6.81. The number of nitrogens with one attached hydrogen (secondary N) is 1. The van der Waals surface area contributed by atoms with Crippen molar-refractivity contribution in [2.24, 2.45) is 0 Å². The molecule has 0 aliphatic carbocycles. The van der Waals surface area contributed by atoms with Crippen molar-refractivity contribution in [3.05, 3.63) is 97.7 Å². The first-order chi connectivity index (χ1) is 13.5. The highest BCUT2D eigenvalue weighted by atomic mass is 79.9. The van der Waals surface area contributed by atoms with Gasteiger partial charge in [-0.05, 0) is 61.0 Å². The number of hydrogen-bond acceptors (Lipinski definition) is 2. The van der Waals surface area contributed by atoms with Crippen LogP contribution in [0.1, 0.15) is 16.7 Å². The van der Waals surface area contributed by atoms with Crippen LogP contribution >= 0.6 is 39.1 Å². The minimum Gasteiger partial charge on any atom is -0.489 e. The van der Waals surface area contributed by atoms with E-state index in [9.17, 15) is 4.39 Å². The maximum Gasteiger partial charge on any atom is 0.124 e. The van der Waals surface area contributed by atoms with Crippen LogP contribution in [0.5, 0.6) is 5.75 Å². The zero-order valence-corrected chi connectivity index (χ0v) is 18.1. The summed E-state index contributed by atoms with van der Waals surface area (Å²) in [5, 5.41) is 4.60. The van der Waals surface area contributed by atoms with Crippen molar-refractivity contribution in [2.75, 3.05) is 6.54 Å². The van der Waals surface area contributed by atoms with Crippen molar-refractivity contribution in [1.82, 2.24) is 5.32 Å². The first-order valence-corrected chi connectivity index (χ1v) is 10.4. The minimum atomic E-state index is -0.214. The Labute approximate surface area is 182 Å². The second kappa shape index (κ2) is 10.3. The summed E-state index contributed by atoms with van der Waals surface area (Å²) < 4.78 is 20.0. The lowest BCUT2D eigenvalue weighted by atomic mass is 10.1. The van der Waals surface area contributed by atoms with E-state index < -0.39 is 0 Å². The molecule has 0 aliphatic rings. The van der Waals surface area contributed by atoms with Crippen molar-refractivity contribution in [2.45, 2.75) is 19.6 Å². The summed E-state index contributed by atoms with van der Waals surface area (Å²) >= 11 is 15.7. The molecule has 0 saturated carbocycles. The van der Waals surface area contributed by atoms with E-state index in [1.54, 1.807) is 24.3 Å². The van der Waals surface area contributed by atoms with E-state index in [4.69, 9.17) is 27.9 Å². The van der Waals surface area contributed by atoms with E-state index >= 15 is 0 Å². The lowest BCUT2D eigenvalue weighted by Gasteiger charge is -2.14. The van der Waals surface area contributed by atoms with Crippen molar-refractivity contribution >= 4 is 39.1 Å². The van der Waals surface area contributed by atoms with Gasteiger partial charge in [0.05, 0.1) is 0 Å². The average Bonchev–Trinajstić information content (AvgIpc) is 2.67. The molecule has 0 bridgehead atoms. The molecule has 0 aliphatic heterocycles. The summed E-state index contributed by atoms with van der Waals surface area (Å²) in [6.45, 7) is 1.80. The molecule has 2 nitrogen and oxygen atoms in total. The minimum absolute atomic E-state index is 0.214. The molecule has 1 N–H and O–H groups in total. The predicted molar refractivity (Wildman–Crippen MR) is 117 cm³/mol. The van der Waals surface area contributed by atoms with Crippen LogP contribution in [0.25, 0.3) is 0 Å². The van der Waals surface area contributed by atoms with Crippen molar-refractivity contribution in [1.29, 1.82) is 0 Å². The van der Waals surface area contributed by atoms with Gasteiger partial charge in [-0.1, -0.05) is 57.3 Å². The van der Waals surface area contributed by atoms with Gasteiger partial charge in [-0.25, -0.2) is 4.39 Å². The third kappa shape index (κ3) is 6.21. The van der Waals surface area contributed by atoms with Gasteiger partial charge in [0, 0.05) is 32.2 Å². The van der Waals surface area contributed by atoms with E-state index in [1.165, 1.54) is 12.1 Å². The van der Waals surface area contributed by atoms with Gasteiger partial charge in [0.2, 0.25) is 0 Å². The second-order valence-corrected chi connectivity index (χ2v) is 8.09. The molecule has 146 valence electrons. The molecule has 6 heteroatoms. The van der Waals surface area contributed by atoms with Crippen LogP contribution in [0.3, 0.4) is 0 Å². The van der Waals surface area contributed by atoms with Crippen LogP contribution in [-0.2, 0) is 19.6 Å². The van der Waals surface area contributed by atoms with Gasteiger partial charge in [0.1, 0.15) is 18.2 Å². The third-order valence-electron chi connectivity index (χ3n) is 4.24. The molecular weight excluding hydrogens is 464 g/mol. The largest absolute Gasteiger partial charge is 0.489 e. The zero-order chi connectivity index (χ0) is 19.9. The molecule has 0 atom stereocenters. The number of halogens is 4. The molecule has 3 aromatic rings. The van der Waals surface area contributed by atoms with Crippen LogP contribution in [-0.4, -0.2) is 6.54 Å². The molecule has 0 radical (unpaired) electrons. The Balaban J connectivity index is 1.58. The van der Waals surface area contributed by atoms with Gasteiger partial charge in [-0.15, -0.1) is 0 Å². The molecule has 0 saturated heterocycles. The van der Waals surface area contributed by atoms with Gasteiger partial charge in [-0.3, -0.25) is 0 Å². The molecule has 0 unspecified atom stereocenters. The normalized spacial score (nSPS) is 10.9. The number of benzene rings is 3. The van der Waals surface area contributed by atoms with E-state index in [2.05, 4.69) is 21.2 Å². The highest BCUT2D eigenvalue weighted by molar-refractivity contribution is 9.10. The smallest absolute Gasteiger partial charge is 0.124 e.